The minimum atomic E-state index is -1.06. The van der Waals surface area contributed by atoms with E-state index in [-0.39, 0.29) is 11.5 Å². The maximum absolute atomic E-state index is 12.1. The number of nitrogens with one attached hydrogen (secondary N) is 1. The lowest BCUT2D eigenvalue weighted by atomic mass is 10.2. The van der Waals surface area contributed by atoms with E-state index in [0.29, 0.717) is 20.9 Å². The molecule has 2 N–H and O–H groups in total. The van der Waals surface area contributed by atoms with E-state index in [0.717, 1.165) is 0 Å². The average molecular weight is 358 g/mol. The van der Waals surface area contributed by atoms with Crippen LogP contribution < -0.4 is 5.32 Å². The second-order valence-corrected chi connectivity index (χ2v) is 5.40. The highest BCUT2D eigenvalue weighted by Crippen LogP contribution is 2.24. The molecule has 0 atom stereocenters. The maximum atomic E-state index is 12.1. The van der Waals surface area contributed by atoms with E-state index >= 15 is 0 Å². The Bertz CT molecular complexity index is 697. The second-order valence-electron chi connectivity index (χ2n) is 4.11. The summed E-state index contributed by atoms with van der Waals surface area (Å²) in [5.41, 5.74) is 0.850. The highest BCUT2D eigenvalue weighted by atomic mass is 79.9. The molecular weight excluding hydrogens is 348 g/mol. The zero-order chi connectivity index (χ0) is 14.9. The molecule has 2 aromatic rings. The van der Waals surface area contributed by atoms with Gasteiger partial charge in [0.05, 0.1) is 16.3 Å². The number of hydrogen-bond acceptors (Lipinski definition) is 2. The molecule has 104 valence electrons. The van der Waals surface area contributed by atoms with E-state index in [1.54, 1.807) is 23.9 Å². The normalized spacial score (nSPS) is 10.3. The van der Waals surface area contributed by atoms with Crippen LogP contribution >= 0.6 is 27.5 Å². The summed E-state index contributed by atoms with van der Waals surface area (Å²) >= 11 is 9.09. The predicted octanol–water partition coefficient (Wildman–Crippen LogP) is 3.39. The summed E-state index contributed by atoms with van der Waals surface area (Å²) in [4.78, 5) is 23.1. The number of anilines is 1. The molecule has 0 radical (unpaired) electrons. The van der Waals surface area contributed by atoms with Crippen molar-refractivity contribution in [1.82, 2.24) is 4.57 Å². The van der Waals surface area contributed by atoms with Gasteiger partial charge in [-0.15, -0.1) is 0 Å². The molecule has 0 saturated heterocycles. The first kappa shape index (κ1) is 14.6. The van der Waals surface area contributed by atoms with Gasteiger partial charge in [-0.05, 0) is 40.2 Å². The van der Waals surface area contributed by atoms with Gasteiger partial charge in [0.15, 0.2) is 0 Å². The molecule has 20 heavy (non-hydrogen) atoms. The van der Waals surface area contributed by atoms with Crippen molar-refractivity contribution < 1.29 is 14.7 Å². The molecule has 0 aliphatic carbocycles. The molecule has 1 aromatic heterocycles. The third-order valence-electron chi connectivity index (χ3n) is 2.67. The van der Waals surface area contributed by atoms with E-state index in [9.17, 15) is 9.59 Å². The van der Waals surface area contributed by atoms with Crippen LogP contribution in [0.3, 0.4) is 0 Å². The van der Waals surface area contributed by atoms with Gasteiger partial charge in [-0.25, -0.2) is 4.79 Å². The van der Waals surface area contributed by atoms with Crippen molar-refractivity contribution >= 4 is 45.1 Å². The molecule has 0 aliphatic heterocycles. The molecule has 1 amide bonds. The molecule has 0 spiro atoms. The molecule has 2 rings (SSSR count). The Morgan fingerprint density at radius 2 is 2.05 bits per heavy atom. The molecule has 0 fully saturated rings. The Kier molecular flexibility index (Phi) is 4.15. The number of halogens is 2. The van der Waals surface area contributed by atoms with Gasteiger partial charge in [-0.2, -0.15) is 0 Å². The Balaban J connectivity index is 2.30. The minimum absolute atomic E-state index is 0.0911. The van der Waals surface area contributed by atoms with Crippen molar-refractivity contribution in [2.75, 3.05) is 5.32 Å². The largest absolute Gasteiger partial charge is 0.478 e. The zero-order valence-electron chi connectivity index (χ0n) is 10.4. The van der Waals surface area contributed by atoms with Crippen LogP contribution in [0.25, 0.3) is 0 Å². The summed E-state index contributed by atoms with van der Waals surface area (Å²) in [7, 11) is 1.70. The van der Waals surface area contributed by atoms with Crippen LogP contribution in [0.2, 0.25) is 5.02 Å². The highest BCUT2D eigenvalue weighted by Gasteiger charge is 2.14. The number of aromatic nitrogens is 1. The summed E-state index contributed by atoms with van der Waals surface area (Å²) in [6.07, 6.45) is 1.61. The van der Waals surface area contributed by atoms with Gasteiger partial charge in [0.2, 0.25) is 0 Å². The van der Waals surface area contributed by atoms with Crippen LogP contribution in [0.1, 0.15) is 20.8 Å². The molecular formula is C13H10BrClN2O3. The monoisotopic (exact) mass is 356 g/mol. The minimum Gasteiger partial charge on any atom is -0.478 e. The third kappa shape index (κ3) is 3.02. The van der Waals surface area contributed by atoms with E-state index in [4.69, 9.17) is 16.7 Å². The number of hydrogen-bond donors (Lipinski definition) is 2. The van der Waals surface area contributed by atoms with Crippen LogP contribution in [0, 0.1) is 0 Å². The van der Waals surface area contributed by atoms with Gasteiger partial charge in [0, 0.05) is 17.7 Å². The van der Waals surface area contributed by atoms with Crippen molar-refractivity contribution in [3.63, 3.8) is 0 Å². The summed E-state index contributed by atoms with van der Waals surface area (Å²) in [6, 6.07) is 5.93. The number of carboxylic acids is 1. The Morgan fingerprint density at radius 1 is 1.35 bits per heavy atom. The second kappa shape index (κ2) is 5.68. The SMILES string of the molecule is Cn1cc(Cl)cc1C(=O)Nc1cc(C(=O)O)ccc1Br. The lowest BCUT2D eigenvalue weighted by Crippen LogP contribution is -2.16. The van der Waals surface area contributed by atoms with Gasteiger partial charge in [-0.1, -0.05) is 11.6 Å². The van der Waals surface area contributed by atoms with Crippen LogP contribution in [-0.4, -0.2) is 21.6 Å². The van der Waals surface area contributed by atoms with E-state index < -0.39 is 5.97 Å². The topological polar surface area (TPSA) is 71.3 Å². The van der Waals surface area contributed by atoms with E-state index in [2.05, 4.69) is 21.2 Å². The number of aryl methyl sites for hydroxylation is 1. The third-order valence-corrected chi connectivity index (χ3v) is 3.56. The van der Waals surface area contributed by atoms with E-state index in [1.165, 1.54) is 18.2 Å². The Morgan fingerprint density at radius 3 is 2.60 bits per heavy atom. The fourth-order valence-corrected chi connectivity index (χ4v) is 2.29. The van der Waals surface area contributed by atoms with Gasteiger partial charge >= 0.3 is 5.97 Å². The first-order valence-corrected chi connectivity index (χ1v) is 6.71. The smallest absolute Gasteiger partial charge is 0.335 e. The van der Waals surface area contributed by atoms with Gasteiger partial charge in [-0.3, -0.25) is 4.79 Å². The number of carbonyl (C=O) groups excluding carboxylic acids is 1. The fraction of sp³-hybridized carbons (Fsp3) is 0.0769. The quantitative estimate of drug-likeness (QED) is 0.884. The van der Waals surface area contributed by atoms with Crippen LogP contribution in [0.5, 0.6) is 0 Å². The molecule has 1 aromatic carbocycles. The predicted molar refractivity (Wildman–Crippen MR) is 79.5 cm³/mol. The van der Waals surface area contributed by atoms with Crippen LogP contribution in [0.15, 0.2) is 34.9 Å². The van der Waals surface area contributed by atoms with Crippen LogP contribution in [-0.2, 0) is 7.05 Å². The zero-order valence-corrected chi connectivity index (χ0v) is 12.7. The number of carboxylic acid groups (broad SMARTS) is 1. The molecule has 0 bridgehead atoms. The standard InChI is InChI=1S/C13H10BrClN2O3/c1-17-6-8(15)5-11(17)12(18)16-10-4-7(13(19)20)2-3-9(10)14/h2-6H,1H3,(H,16,18)(H,19,20). The summed E-state index contributed by atoms with van der Waals surface area (Å²) in [5.74, 6) is -1.43. The van der Waals surface area contributed by atoms with E-state index in [1.807, 2.05) is 0 Å². The molecule has 0 aliphatic rings. The molecule has 1 heterocycles. The number of amides is 1. The summed E-state index contributed by atoms with van der Waals surface area (Å²) in [6.45, 7) is 0. The van der Waals surface area contributed by atoms with Crippen molar-refractivity contribution in [3.8, 4) is 0 Å². The molecule has 0 saturated carbocycles. The lowest BCUT2D eigenvalue weighted by molar-refractivity contribution is 0.0696. The average Bonchev–Trinajstić information content (AvgIpc) is 2.71. The number of benzene rings is 1. The van der Waals surface area contributed by atoms with Crippen molar-refractivity contribution in [2.45, 2.75) is 0 Å². The Labute approximate surface area is 128 Å². The first-order valence-electron chi connectivity index (χ1n) is 5.54. The van der Waals surface area contributed by atoms with Gasteiger partial charge in [0.25, 0.3) is 5.91 Å². The lowest BCUT2D eigenvalue weighted by Gasteiger charge is -2.09. The Hall–Kier alpha value is -1.79. The molecule has 0 unspecified atom stereocenters. The summed E-state index contributed by atoms with van der Waals surface area (Å²) in [5, 5.41) is 12.1. The fourth-order valence-electron chi connectivity index (χ4n) is 1.69. The first-order chi connectivity index (χ1) is 9.38. The number of aromatic carboxylic acids is 1. The number of rotatable bonds is 3. The van der Waals surface area contributed by atoms with Crippen molar-refractivity contribution in [1.29, 1.82) is 0 Å². The van der Waals surface area contributed by atoms with Crippen molar-refractivity contribution in [2.24, 2.45) is 7.05 Å². The summed E-state index contributed by atoms with van der Waals surface area (Å²) < 4.78 is 2.18. The maximum Gasteiger partial charge on any atom is 0.335 e. The van der Waals surface area contributed by atoms with Crippen LogP contribution in [0.4, 0.5) is 5.69 Å². The number of carbonyl (C=O) groups is 2. The van der Waals surface area contributed by atoms with Crippen molar-refractivity contribution in [3.05, 3.63) is 51.2 Å². The van der Waals surface area contributed by atoms with Gasteiger partial charge < -0.3 is 15.0 Å². The molecule has 5 nitrogen and oxygen atoms in total. The van der Waals surface area contributed by atoms with Gasteiger partial charge in [0.1, 0.15) is 5.69 Å². The molecule has 7 heteroatoms. The number of nitrogens with zero attached hydrogens (tertiary/aromatic N) is 1. The highest BCUT2D eigenvalue weighted by molar-refractivity contribution is 9.10.